The molecule has 7 nitrogen and oxygen atoms in total. The molecule has 0 saturated heterocycles. The van der Waals surface area contributed by atoms with E-state index in [9.17, 15) is 9.59 Å². The zero-order valence-corrected chi connectivity index (χ0v) is 10.6. The van der Waals surface area contributed by atoms with E-state index in [0.717, 1.165) is 5.56 Å². The molecule has 0 aliphatic carbocycles. The number of nitrogens with one attached hydrogen (secondary N) is 1. The third-order valence-electron chi connectivity index (χ3n) is 2.50. The minimum atomic E-state index is -1.22. The van der Waals surface area contributed by atoms with E-state index in [-0.39, 0.29) is 18.1 Å². The van der Waals surface area contributed by atoms with Crippen LogP contribution in [0.4, 0.5) is 0 Å². The first kappa shape index (κ1) is 13.6. The van der Waals surface area contributed by atoms with Crippen LogP contribution in [-0.2, 0) is 6.54 Å². The van der Waals surface area contributed by atoms with Crippen molar-refractivity contribution in [2.24, 2.45) is 0 Å². The third-order valence-corrected chi connectivity index (χ3v) is 2.50. The van der Waals surface area contributed by atoms with Crippen LogP contribution in [0.3, 0.4) is 0 Å². The predicted molar refractivity (Wildman–Crippen MR) is 67.6 cm³/mol. The molecule has 0 atom stereocenters. The summed E-state index contributed by atoms with van der Waals surface area (Å²) in [6, 6.07) is 5.98. The smallest absolute Gasteiger partial charge is 0.371 e. The van der Waals surface area contributed by atoms with Crippen LogP contribution in [0, 0.1) is 0 Å². The van der Waals surface area contributed by atoms with E-state index in [1.807, 2.05) is 0 Å². The first-order valence-corrected chi connectivity index (χ1v) is 5.70. The van der Waals surface area contributed by atoms with Crippen molar-refractivity contribution in [2.45, 2.75) is 6.54 Å². The molecule has 0 aliphatic rings. The second-order valence-electron chi connectivity index (χ2n) is 3.86. The second-order valence-corrected chi connectivity index (χ2v) is 3.86. The van der Waals surface area contributed by atoms with Crippen LogP contribution in [-0.4, -0.2) is 29.1 Å². The van der Waals surface area contributed by atoms with Crippen LogP contribution in [0.5, 0.6) is 5.88 Å². The summed E-state index contributed by atoms with van der Waals surface area (Å²) in [6.07, 6.45) is 1.57. The lowest BCUT2D eigenvalue weighted by Gasteiger charge is -2.04. The first-order chi connectivity index (χ1) is 9.60. The molecule has 2 aromatic heterocycles. The number of carboxylic acids is 1. The lowest BCUT2D eigenvalue weighted by atomic mass is 10.3. The average Bonchev–Trinajstić information content (AvgIpc) is 2.95. The van der Waals surface area contributed by atoms with Gasteiger partial charge in [0.2, 0.25) is 11.6 Å². The normalized spacial score (nSPS) is 10.1. The summed E-state index contributed by atoms with van der Waals surface area (Å²) in [4.78, 5) is 26.4. The number of hydrogen-bond acceptors (Lipinski definition) is 5. The fourth-order valence-corrected chi connectivity index (χ4v) is 1.48. The van der Waals surface area contributed by atoms with E-state index >= 15 is 0 Å². The van der Waals surface area contributed by atoms with Gasteiger partial charge < -0.3 is 19.6 Å². The monoisotopic (exact) mass is 276 g/mol. The quantitative estimate of drug-likeness (QED) is 0.853. The highest BCUT2D eigenvalue weighted by Gasteiger charge is 2.14. The number of aromatic nitrogens is 1. The van der Waals surface area contributed by atoms with Crippen LogP contribution < -0.4 is 10.1 Å². The van der Waals surface area contributed by atoms with E-state index in [1.165, 1.54) is 19.2 Å². The molecule has 0 fully saturated rings. The van der Waals surface area contributed by atoms with E-state index in [0.29, 0.717) is 5.88 Å². The van der Waals surface area contributed by atoms with Crippen LogP contribution in [0.25, 0.3) is 0 Å². The van der Waals surface area contributed by atoms with Crippen molar-refractivity contribution >= 4 is 11.9 Å². The third kappa shape index (κ3) is 3.14. The van der Waals surface area contributed by atoms with Gasteiger partial charge in [-0.25, -0.2) is 9.78 Å². The van der Waals surface area contributed by atoms with Crippen molar-refractivity contribution in [3.8, 4) is 5.88 Å². The molecule has 0 bridgehead atoms. The molecule has 2 aromatic rings. The van der Waals surface area contributed by atoms with Gasteiger partial charge in [0.05, 0.1) is 7.11 Å². The van der Waals surface area contributed by atoms with Gasteiger partial charge in [-0.2, -0.15) is 0 Å². The van der Waals surface area contributed by atoms with Crippen molar-refractivity contribution < 1.29 is 23.8 Å². The number of carbonyl (C=O) groups is 2. The van der Waals surface area contributed by atoms with Crippen LogP contribution in [0.1, 0.15) is 26.7 Å². The number of carboxylic acid groups (broad SMARTS) is 1. The maximum Gasteiger partial charge on any atom is 0.371 e. The van der Waals surface area contributed by atoms with E-state index in [2.05, 4.69) is 10.3 Å². The number of amides is 1. The van der Waals surface area contributed by atoms with Gasteiger partial charge in [-0.3, -0.25) is 4.79 Å². The number of nitrogens with zero attached hydrogens (tertiary/aromatic N) is 1. The number of aromatic carboxylic acids is 1. The molecular weight excluding hydrogens is 264 g/mol. The largest absolute Gasteiger partial charge is 0.481 e. The van der Waals surface area contributed by atoms with Crippen molar-refractivity contribution in [3.05, 3.63) is 47.5 Å². The van der Waals surface area contributed by atoms with Gasteiger partial charge in [0.1, 0.15) is 0 Å². The molecule has 1 amide bonds. The number of carbonyl (C=O) groups excluding carboxylic acids is 1. The zero-order chi connectivity index (χ0) is 14.5. The molecule has 2 rings (SSSR count). The highest BCUT2D eigenvalue weighted by Crippen LogP contribution is 2.09. The van der Waals surface area contributed by atoms with Gasteiger partial charge >= 0.3 is 5.97 Å². The number of hydrogen-bond donors (Lipinski definition) is 2. The number of methoxy groups -OCH3 is 1. The summed E-state index contributed by atoms with van der Waals surface area (Å²) >= 11 is 0. The number of ether oxygens (including phenoxy) is 1. The lowest BCUT2D eigenvalue weighted by molar-refractivity contribution is 0.0659. The highest BCUT2D eigenvalue weighted by molar-refractivity contribution is 5.93. The van der Waals surface area contributed by atoms with Gasteiger partial charge in [0.25, 0.3) is 5.91 Å². The standard InChI is InChI=1S/C13H12N2O5/c1-19-11-5-2-8(6-14-11)7-15-12(16)9-3-4-10(20-9)13(17)18/h2-6H,7H2,1H3,(H,15,16)(H,17,18). The summed E-state index contributed by atoms with van der Waals surface area (Å²) in [5, 5.41) is 11.3. The van der Waals surface area contributed by atoms with Crippen molar-refractivity contribution in [1.29, 1.82) is 0 Å². The van der Waals surface area contributed by atoms with E-state index in [4.69, 9.17) is 14.3 Å². The molecule has 20 heavy (non-hydrogen) atoms. The minimum absolute atomic E-state index is 0.0520. The lowest BCUT2D eigenvalue weighted by Crippen LogP contribution is -2.22. The molecule has 0 aliphatic heterocycles. The summed E-state index contributed by atoms with van der Waals surface area (Å²) in [5.74, 6) is -1.56. The summed E-state index contributed by atoms with van der Waals surface area (Å²) < 4.78 is 9.80. The van der Waals surface area contributed by atoms with Crippen molar-refractivity contribution in [2.75, 3.05) is 7.11 Å². The number of furan rings is 1. The van der Waals surface area contributed by atoms with Gasteiger partial charge in [-0.15, -0.1) is 0 Å². The van der Waals surface area contributed by atoms with Gasteiger partial charge in [-0.1, -0.05) is 6.07 Å². The summed E-state index contributed by atoms with van der Waals surface area (Å²) in [5.41, 5.74) is 0.782. The van der Waals surface area contributed by atoms with Gasteiger partial charge in [0, 0.05) is 18.8 Å². The Morgan fingerprint density at radius 2 is 2.05 bits per heavy atom. The van der Waals surface area contributed by atoms with Gasteiger partial charge in [0.15, 0.2) is 5.76 Å². The topological polar surface area (TPSA) is 102 Å². The Hall–Kier alpha value is -2.83. The fourth-order valence-electron chi connectivity index (χ4n) is 1.48. The van der Waals surface area contributed by atoms with Crippen LogP contribution in [0.15, 0.2) is 34.9 Å². The SMILES string of the molecule is COc1ccc(CNC(=O)c2ccc(C(=O)O)o2)cn1. The molecule has 104 valence electrons. The molecule has 0 spiro atoms. The summed E-state index contributed by atoms with van der Waals surface area (Å²) in [7, 11) is 1.51. The Morgan fingerprint density at radius 1 is 1.30 bits per heavy atom. The molecule has 2 N–H and O–H groups in total. The van der Waals surface area contributed by atoms with E-state index in [1.54, 1.807) is 18.3 Å². The van der Waals surface area contributed by atoms with Crippen molar-refractivity contribution in [3.63, 3.8) is 0 Å². The first-order valence-electron chi connectivity index (χ1n) is 5.70. The Morgan fingerprint density at radius 3 is 2.60 bits per heavy atom. The molecule has 7 heteroatoms. The predicted octanol–water partition coefficient (Wildman–Crippen LogP) is 1.31. The number of rotatable bonds is 5. The maximum atomic E-state index is 11.7. The Kier molecular flexibility index (Phi) is 3.99. The zero-order valence-electron chi connectivity index (χ0n) is 10.6. The second kappa shape index (κ2) is 5.87. The molecule has 0 radical (unpaired) electrons. The molecule has 0 unspecified atom stereocenters. The average molecular weight is 276 g/mol. The summed E-state index contributed by atoms with van der Waals surface area (Å²) in [6.45, 7) is 0.249. The van der Waals surface area contributed by atoms with Crippen molar-refractivity contribution in [1.82, 2.24) is 10.3 Å². The highest BCUT2D eigenvalue weighted by atomic mass is 16.5. The molecule has 2 heterocycles. The minimum Gasteiger partial charge on any atom is -0.481 e. The molecule has 0 aromatic carbocycles. The maximum absolute atomic E-state index is 11.7. The Bertz CT molecular complexity index is 618. The molecule has 0 saturated carbocycles. The van der Waals surface area contributed by atoms with Crippen LogP contribution >= 0.6 is 0 Å². The Labute approximate surface area is 114 Å². The van der Waals surface area contributed by atoms with E-state index < -0.39 is 11.9 Å². The van der Waals surface area contributed by atoms with Gasteiger partial charge in [-0.05, 0) is 17.7 Å². The fraction of sp³-hybridized carbons (Fsp3) is 0.154. The Balaban J connectivity index is 1.95. The molecular formula is C13H12N2O5. The van der Waals surface area contributed by atoms with Crippen LogP contribution in [0.2, 0.25) is 0 Å². The number of pyridine rings is 1.